The lowest BCUT2D eigenvalue weighted by molar-refractivity contribution is 1.37. The predicted octanol–water partition coefficient (Wildman–Crippen LogP) is 4.81. The van der Waals surface area contributed by atoms with Crippen LogP contribution in [0, 0.1) is 6.92 Å². The molecule has 1 rings (SSSR count). The summed E-state index contributed by atoms with van der Waals surface area (Å²) in [4.78, 5) is 4.29. The van der Waals surface area contributed by atoms with E-state index in [-0.39, 0.29) is 0 Å². The second kappa shape index (κ2) is 11.8. The Morgan fingerprint density at radius 3 is 2.12 bits per heavy atom. The summed E-state index contributed by atoms with van der Waals surface area (Å²) >= 11 is 0. The van der Waals surface area contributed by atoms with E-state index in [9.17, 15) is 0 Å². The largest absolute Gasteiger partial charge is 0.386 e. The lowest BCUT2D eigenvalue weighted by atomic mass is 10.2. The van der Waals surface area contributed by atoms with Crippen LogP contribution in [-0.2, 0) is 0 Å². The third kappa shape index (κ3) is 5.54. The van der Waals surface area contributed by atoms with Gasteiger partial charge in [0.2, 0.25) is 0 Å². The molecule has 0 atom stereocenters. The maximum absolute atomic E-state index is 4.29. The summed E-state index contributed by atoms with van der Waals surface area (Å²) in [5.74, 6) is 0. The smallest absolute Gasteiger partial charge is 0.0885 e. The molecule has 0 amide bonds. The van der Waals surface area contributed by atoms with Crippen LogP contribution in [0.15, 0.2) is 23.2 Å². The molecule has 2 nitrogen and oxygen atoms in total. The maximum Gasteiger partial charge on any atom is 0.0885 e. The van der Waals surface area contributed by atoms with Gasteiger partial charge >= 0.3 is 0 Å². The van der Waals surface area contributed by atoms with Gasteiger partial charge in [0.05, 0.1) is 11.4 Å². The molecule has 0 bridgehead atoms. The molecule has 0 unspecified atom stereocenters. The molecule has 0 radical (unpaired) electrons. The number of para-hydroxylation sites is 1. The third-order valence-electron chi connectivity index (χ3n) is 1.77. The molecule has 0 aliphatic rings. The van der Waals surface area contributed by atoms with Crippen molar-refractivity contribution in [1.82, 2.24) is 0 Å². The van der Waals surface area contributed by atoms with E-state index in [0.717, 1.165) is 11.4 Å². The SMILES string of the molecule is CC.CC.CC=Nc1c(C)cccc1NC. The molecule has 92 valence electrons. The average Bonchev–Trinajstić information content (AvgIpc) is 2.37. The van der Waals surface area contributed by atoms with Crippen molar-refractivity contribution in [1.29, 1.82) is 0 Å². The van der Waals surface area contributed by atoms with Crippen molar-refractivity contribution in [3.8, 4) is 0 Å². The normalized spacial score (nSPS) is 8.69. The van der Waals surface area contributed by atoms with E-state index in [1.165, 1.54) is 5.56 Å². The summed E-state index contributed by atoms with van der Waals surface area (Å²) in [6.45, 7) is 12.0. The van der Waals surface area contributed by atoms with E-state index in [1.54, 1.807) is 0 Å². The Hall–Kier alpha value is -1.31. The van der Waals surface area contributed by atoms with Gasteiger partial charge < -0.3 is 5.32 Å². The van der Waals surface area contributed by atoms with Gasteiger partial charge in [-0.1, -0.05) is 39.8 Å². The molecule has 16 heavy (non-hydrogen) atoms. The van der Waals surface area contributed by atoms with Crippen LogP contribution in [0.5, 0.6) is 0 Å². The van der Waals surface area contributed by atoms with Crippen LogP contribution in [0.1, 0.15) is 40.2 Å². The molecular formula is C14H26N2. The number of aryl methyl sites for hydroxylation is 1. The first kappa shape index (κ1) is 17.1. The van der Waals surface area contributed by atoms with Crippen LogP contribution in [0.4, 0.5) is 11.4 Å². The van der Waals surface area contributed by atoms with Crippen molar-refractivity contribution in [3.05, 3.63) is 23.8 Å². The standard InChI is InChI=1S/C10H14N2.2C2H6/c1-4-12-10-8(2)6-5-7-9(10)11-3;2*1-2/h4-7,11H,1-3H3;2*1-2H3. The number of nitrogens with one attached hydrogen (secondary N) is 1. The Morgan fingerprint density at radius 2 is 1.69 bits per heavy atom. The molecule has 2 heteroatoms. The number of aliphatic imine (C=N–C) groups is 1. The molecule has 0 fully saturated rings. The van der Waals surface area contributed by atoms with Gasteiger partial charge in [-0.25, -0.2) is 0 Å². The molecule has 1 aromatic carbocycles. The van der Waals surface area contributed by atoms with Crippen LogP contribution in [-0.4, -0.2) is 13.3 Å². The van der Waals surface area contributed by atoms with Crippen molar-refractivity contribution < 1.29 is 0 Å². The summed E-state index contributed by atoms with van der Waals surface area (Å²) in [7, 11) is 1.91. The summed E-state index contributed by atoms with van der Waals surface area (Å²) in [6.07, 6.45) is 1.81. The molecule has 0 aliphatic heterocycles. The molecule has 0 aromatic heterocycles. The maximum atomic E-state index is 4.29. The molecule has 0 saturated heterocycles. The van der Waals surface area contributed by atoms with Crippen molar-refractivity contribution in [2.75, 3.05) is 12.4 Å². The second-order valence-electron chi connectivity index (χ2n) is 2.61. The molecule has 0 heterocycles. The summed E-state index contributed by atoms with van der Waals surface area (Å²) < 4.78 is 0. The van der Waals surface area contributed by atoms with Crippen molar-refractivity contribution in [2.45, 2.75) is 41.5 Å². The Bertz CT molecular complexity index is 291. The van der Waals surface area contributed by atoms with Crippen LogP contribution >= 0.6 is 0 Å². The summed E-state index contributed by atoms with van der Waals surface area (Å²) in [5.41, 5.74) is 3.30. The first-order valence-corrected chi connectivity index (χ1v) is 6.05. The Morgan fingerprint density at radius 1 is 1.12 bits per heavy atom. The number of anilines is 1. The van der Waals surface area contributed by atoms with Crippen LogP contribution in [0.3, 0.4) is 0 Å². The van der Waals surface area contributed by atoms with Crippen molar-refractivity contribution in [2.24, 2.45) is 4.99 Å². The highest BCUT2D eigenvalue weighted by Gasteiger charge is 1.99. The number of hydrogen-bond donors (Lipinski definition) is 1. The fraction of sp³-hybridized carbons (Fsp3) is 0.500. The van der Waals surface area contributed by atoms with E-state index in [1.807, 2.05) is 60.0 Å². The first-order chi connectivity index (χ1) is 7.79. The first-order valence-electron chi connectivity index (χ1n) is 6.05. The summed E-state index contributed by atoms with van der Waals surface area (Å²) in [5, 5.41) is 3.11. The van der Waals surface area contributed by atoms with Gasteiger partial charge in [0, 0.05) is 13.3 Å². The lowest BCUT2D eigenvalue weighted by Crippen LogP contribution is -1.89. The van der Waals surface area contributed by atoms with Crippen LogP contribution in [0.2, 0.25) is 0 Å². The van der Waals surface area contributed by atoms with E-state index in [2.05, 4.69) is 23.3 Å². The quantitative estimate of drug-likeness (QED) is 0.713. The topological polar surface area (TPSA) is 24.4 Å². The number of benzene rings is 1. The number of nitrogens with zero attached hydrogens (tertiary/aromatic N) is 1. The van der Waals surface area contributed by atoms with Gasteiger partial charge in [-0.15, -0.1) is 0 Å². The highest BCUT2D eigenvalue weighted by molar-refractivity contribution is 5.73. The molecule has 0 spiro atoms. The van der Waals surface area contributed by atoms with Crippen LogP contribution in [0.25, 0.3) is 0 Å². The lowest BCUT2D eigenvalue weighted by Gasteiger charge is -2.06. The van der Waals surface area contributed by atoms with E-state index >= 15 is 0 Å². The second-order valence-corrected chi connectivity index (χ2v) is 2.61. The predicted molar refractivity (Wildman–Crippen MR) is 77.2 cm³/mol. The van der Waals surface area contributed by atoms with E-state index < -0.39 is 0 Å². The Balaban J connectivity index is 0. The molecular weight excluding hydrogens is 196 g/mol. The molecule has 0 aliphatic carbocycles. The minimum Gasteiger partial charge on any atom is -0.386 e. The van der Waals surface area contributed by atoms with E-state index in [4.69, 9.17) is 0 Å². The van der Waals surface area contributed by atoms with Gasteiger partial charge in [0.25, 0.3) is 0 Å². The Kier molecular flexibility index (Phi) is 12.6. The monoisotopic (exact) mass is 222 g/mol. The minimum atomic E-state index is 1.03. The molecule has 0 saturated carbocycles. The fourth-order valence-electron chi connectivity index (χ4n) is 1.16. The van der Waals surface area contributed by atoms with Gasteiger partial charge in [0.1, 0.15) is 0 Å². The average molecular weight is 222 g/mol. The minimum absolute atomic E-state index is 1.03. The summed E-state index contributed by atoms with van der Waals surface area (Å²) in [6, 6.07) is 6.11. The van der Waals surface area contributed by atoms with Crippen molar-refractivity contribution in [3.63, 3.8) is 0 Å². The van der Waals surface area contributed by atoms with E-state index in [0.29, 0.717) is 0 Å². The molecule has 1 aromatic rings. The number of hydrogen-bond acceptors (Lipinski definition) is 2. The van der Waals surface area contributed by atoms with Gasteiger partial charge in [-0.05, 0) is 25.5 Å². The third-order valence-corrected chi connectivity index (χ3v) is 1.77. The fourth-order valence-corrected chi connectivity index (χ4v) is 1.16. The zero-order valence-electron chi connectivity index (χ0n) is 11.8. The van der Waals surface area contributed by atoms with Crippen molar-refractivity contribution >= 4 is 17.6 Å². The number of rotatable bonds is 2. The van der Waals surface area contributed by atoms with Gasteiger partial charge in [-0.3, -0.25) is 4.99 Å². The highest BCUT2D eigenvalue weighted by Crippen LogP contribution is 2.27. The van der Waals surface area contributed by atoms with Gasteiger partial charge in [0.15, 0.2) is 0 Å². The molecule has 1 N–H and O–H groups in total. The Labute approximate surface area is 101 Å². The zero-order valence-corrected chi connectivity index (χ0v) is 11.8. The zero-order chi connectivity index (χ0) is 13.0. The highest BCUT2D eigenvalue weighted by atomic mass is 14.9. The van der Waals surface area contributed by atoms with Gasteiger partial charge in [-0.2, -0.15) is 0 Å². The van der Waals surface area contributed by atoms with Crippen LogP contribution < -0.4 is 5.32 Å².